The Morgan fingerprint density at radius 3 is 2.14 bits per heavy atom. The van der Waals surface area contributed by atoms with Gasteiger partial charge in [0.15, 0.2) is 0 Å². The van der Waals surface area contributed by atoms with Gasteiger partial charge in [-0.1, -0.05) is 34.1 Å². The summed E-state index contributed by atoms with van der Waals surface area (Å²) in [6.07, 6.45) is 2.20. The first-order valence-electron chi connectivity index (χ1n) is 10.1. The summed E-state index contributed by atoms with van der Waals surface area (Å²) in [7, 11) is 0. The molecule has 5 N–H and O–H groups in total. The lowest BCUT2D eigenvalue weighted by Crippen LogP contribution is -2.59. The van der Waals surface area contributed by atoms with Gasteiger partial charge in [-0.3, -0.25) is 14.4 Å². The van der Waals surface area contributed by atoms with Gasteiger partial charge in [-0.2, -0.15) is 12.6 Å². The molecule has 5 atom stereocenters. The highest BCUT2D eigenvalue weighted by Gasteiger charge is 2.33. The lowest BCUT2D eigenvalue weighted by molar-refractivity contribution is -0.144. The Morgan fingerprint density at radius 2 is 1.69 bits per heavy atom. The number of rotatable bonds is 11. The van der Waals surface area contributed by atoms with Crippen molar-refractivity contribution >= 4 is 36.3 Å². The zero-order valence-electron chi connectivity index (χ0n) is 17.5. The van der Waals surface area contributed by atoms with Gasteiger partial charge < -0.3 is 26.4 Å². The van der Waals surface area contributed by atoms with Crippen LogP contribution in [0.4, 0.5) is 0 Å². The number of carbonyl (C=O) groups is 4. The van der Waals surface area contributed by atoms with E-state index in [1.165, 1.54) is 0 Å². The summed E-state index contributed by atoms with van der Waals surface area (Å²) in [6, 6.07) is -3.20. The maximum Gasteiger partial charge on any atom is 0.326 e. The number of nitrogens with one attached hydrogen (secondary N) is 4. The fourth-order valence-corrected chi connectivity index (χ4v) is 3.34. The van der Waals surface area contributed by atoms with Gasteiger partial charge in [0.25, 0.3) is 0 Å². The van der Waals surface area contributed by atoms with Crippen molar-refractivity contribution in [2.45, 2.75) is 71.1 Å². The zero-order valence-corrected chi connectivity index (χ0v) is 18.4. The van der Waals surface area contributed by atoms with Crippen molar-refractivity contribution in [3.63, 3.8) is 0 Å². The highest BCUT2D eigenvalue weighted by molar-refractivity contribution is 7.80. The number of amides is 3. The molecule has 3 amide bonds. The van der Waals surface area contributed by atoms with Gasteiger partial charge in [-0.15, -0.1) is 0 Å². The van der Waals surface area contributed by atoms with Crippen molar-refractivity contribution in [3.8, 4) is 0 Å². The zero-order chi connectivity index (χ0) is 22.1. The predicted molar refractivity (Wildman–Crippen MR) is 113 cm³/mol. The van der Waals surface area contributed by atoms with Gasteiger partial charge >= 0.3 is 5.97 Å². The molecule has 0 aliphatic carbocycles. The minimum absolute atomic E-state index is 0.0723. The van der Waals surface area contributed by atoms with Crippen LogP contribution in [0.15, 0.2) is 0 Å². The summed E-state index contributed by atoms with van der Waals surface area (Å²) in [6.45, 7) is 7.82. The lowest BCUT2D eigenvalue weighted by atomic mass is 9.96. The van der Waals surface area contributed by atoms with Crippen LogP contribution in [-0.2, 0) is 19.2 Å². The van der Waals surface area contributed by atoms with Gasteiger partial charge in [0.05, 0.1) is 6.04 Å². The van der Waals surface area contributed by atoms with Crippen LogP contribution < -0.4 is 21.3 Å². The molecule has 0 aromatic rings. The first-order chi connectivity index (χ1) is 13.6. The molecule has 0 aromatic heterocycles. The molecular formula is C19H34N4O5S. The fourth-order valence-electron chi connectivity index (χ4n) is 3.09. The molecule has 1 aliphatic rings. The van der Waals surface area contributed by atoms with E-state index in [0.29, 0.717) is 12.8 Å². The van der Waals surface area contributed by atoms with Crippen LogP contribution in [0.1, 0.15) is 47.0 Å². The Kier molecular flexibility index (Phi) is 10.5. The fraction of sp³-hybridized carbons (Fsp3) is 0.789. The summed E-state index contributed by atoms with van der Waals surface area (Å²) in [5, 5.41) is 20.2. The third kappa shape index (κ3) is 7.50. The third-order valence-electron chi connectivity index (χ3n) is 5.22. The quantitative estimate of drug-likeness (QED) is 0.254. The van der Waals surface area contributed by atoms with E-state index in [0.717, 1.165) is 13.0 Å². The molecule has 29 heavy (non-hydrogen) atoms. The molecule has 1 aliphatic heterocycles. The minimum Gasteiger partial charge on any atom is -0.480 e. The second-order valence-electron chi connectivity index (χ2n) is 7.83. The number of carboxylic acids is 1. The van der Waals surface area contributed by atoms with Crippen molar-refractivity contribution in [2.75, 3.05) is 12.3 Å². The summed E-state index contributed by atoms with van der Waals surface area (Å²) in [4.78, 5) is 49.1. The normalized spacial score (nSPS) is 20.4. The molecular weight excluding hydrogens is 396 g/mol. The van der Waals surface area contributed by atoms with Gasteiger partial charge in [0.1, 0.15) is 18.1 Å². The van der Waals surface area contributed by atoms with E-state index in [1.807, 2.05) is 6.92 Å². The number of hydrogen-bond donors (Lipinski definition) is 6. The number of aliphatic carboxylic acids is 1. The van der Waals surface area contributed by atoms with Gasteiger partial charge in [-0.05, 0) is 31.2 Å². The first-order valence-corrected chi connectivity index (χ1v) is 10.7. The molecule has 0 saturated carbocycles. The largest absolute Gasteiger partial charge is 0.480 e. The van der Waals surface area contributed by atoms with Crippen LogP contribution in [0.5, 0.6) is 0 Å². The van der Waals surface area contributed by atoms with Crippen LogP contribution >= 0.6 is 12.6 Å². The minimum atomic E-state index is -1.13. The van der Waals surface area contributed by atoms with Crippen LogP contribution in [0.2, 0.25) is 0 Å². The van der Waals surface area contributed by atoms with E-state index in [4.69, 9.17) is 0 Å². The topological polar surface area (TPSA) is 137 Å². The van der Waals surface area contributed by atoms with Gasteiger partial charge in [0.2, 0.25) is 17.7 Å². The van der Waals surface area contributed by atoms with Crippen molar-refractivity contribution in [1.29, 1.82) is 0 Å². The SMILES string of the molecule is CCC(C)C(NC(=O)C(CS)NC(=O)C1CCCN1)C(=O)NC(C(=O)O)C(C)C. The average Bonchev–Trinajstić information content (AvgIpc) is 3.21. The monoisotopic (exact) mass is 430 g/mol. The van der Waals surface area contributed by atoms with Crippen molar-refractivity contribution in [1.82, 2.24) is 21.3 Å². The summed E-state index contributed by atoms with van der Waals surface area (Å²) in [5.41, 5.74) is 0. The van der Waals surface area contributed by atoms with E-state index in [9.17, 15) is 24.3 Å². The van der Waals surface area contributed by atoms with E-state index in [-0.39, 0.29) is 29.5 Å². The Labute approximate surface area is 177 Å². The van der Waals surface area contributed by atoms with Crippen molar-refractivity contribution in [2.24, 2.45) is 11.8 Å². The average molecular weight is 431 g/mol. The molecule has 1 heterocycles. The van der Waals surface area contributed by atoms with Crippen LogP contribution in [0, 0.1) is 11.8 Å². The smallest absolute Gasteiger partial charge is 0.326 e. The molecule has 0 spiro atoms. The second kappa shape index (κ2) is 12.0. The predicted octanol–water partition coefficient (Wildman–Crippen LogP) is -0.0907. The van der Waals surface area contributed by atoms with E-state index in [2.05, 4.69) is 33.9 Å². The molecule has 5 unspecified atom stereocenters. The molecule has 1 saturated heterocycles. The number of hydrogen-bond acceptors (Lipinski definition) is 6. The summed E-state index contributed by atoms with van der Waals surface area (Å²) in [5.74, 6) is -2.96. The van der Waals surface area contributed by atoms with E-state index in [1.54, 1.807) is 20.8 Å². The Morgan fingerprint density at radius 1 is 1.07 bits per heavy atom. The second-order valence-corrected chi connectivity index (χ2v) is 8.20. The standard InChI is InChI=1S/C19H34N4O5S/c1-5-11(4)15(18(26)22-14(10(2)3)19(27)28)23-17(25)13(9-29)21-16(24)12-7-6-8-20-12/h10-15,20,29H,5-9H2,1-4H3,(H,21,24)(H,22,26)(H,23,25)(H,27,28). The maximum atomic E-state index is 12.7. The van der Waals surface area contributed by atoms with Gasteiger partial charge in [-0.25, -0.2) is 4.79 Å². The Balaban J connectivity index is 2.83. The molecule has 0 aromatic carbocycles. The third-order valence-corrected chi connectivity index (χ3v) is 5.58. The Bertz CT molecular complexity index is 595. The van der Waals surface area contributed by atoms with Crippen LogP contribution in [0.3, 0.4) is 0 Å². The van der Waals surface area contributed by atoms with E-state index >= 15 is 0 Å². The van der Waals surface area contributed by atoms with Crippen LogP contribution in [-0.4, -0.2) is 65.3 Å². The summed E-state index contributed by atoms with van der Waals surface area (Å²) >= 11 is 4.16. The first kappa shape index (κ1) is 25.2. The Hall–Kier alpha value is -1.81. The van der Waals surface area contributed by atoms with Crippen molar-refractivity contribution < 1.29 is 24.3 Å². The molecule has 1 fully saturated rings. The highest BCUT2D eigenvalue weighted by Crippen LogP contribution is 2.11. The molecule has 10 heteroatoms. The molecule has 0 radical (unpaired) electrons. The number of carbonyl (C=O) groups excluding carboxylic acids is 3. The highest BCUT2D eigenvalue weighted by atomic mass is 32.1. The molecule has 9 nitrogen and oxygen atoms in total. The van der Waals surface area contributed by atoms with Crippen LogP contribution in [0.25, 0.3) is 0 Å². The molecule has 166 valence electrons. The summed E-state index contributed by atoms with van der Waals surface area (Å²) < 4.78 is 0. The number of thiol groups is 1. The maximum absolute atomic E-state index is 12.7. The molecule has 0 bridgehead atoms. The number of carboxylic acid groups (broad SMARTS) is 1. The molecule has 1 rings (SSSR count). The van der Waals surface area contributed by atoms with Crippen molar-refractivity contribution in [3.05, 3.63) is 0 Å². The van der Waals surface area contributed by atoms with Gasteiger partial charge in [0, 0.05) is 5.75 Å². The van der Waals surface area contributed by atoms with E-state index < -0.39 is 35.9 Å². The lowest BCUT2D eigenvalue weighted by Gasteiger charge is -2.28.